The number of methoxy groups -OCH3 is 1. The molecule has 26 heavy (non-hydrogen) atoms. The Bertz CT molecular complexity index is 896. The van der Waals surface area contributed by atoms with Crippen LogP contribution in [-0.2, 0) is 16.0 Å². The highest BCUT2D eigenvalue weighted by Gasteiger charge is 2.37. The van der Waals surface area contributed by atoms with E-state index in [0.717, 1.165) is 22.3 Å². The van der Waals surface area contributed by atoms with Crippen molar-refractivity contribution in [3.8, 4) is 0 Å². The number of ether oxygens (including phenoxy) is 1. The first-order valence-corrected chi connectivity index (χ1v) is 8.75. The van der Waals surface area contributed by atoms with Crippen LogP contribution in [0.25, 0.3) is 10.9 Å². The Labute approximate surface area is 151 Å². The van der Waals surface area contributed by atoms with Crippen molar-refractivity contribution in [3.63, 3.8) is 0 Å². The lowest BCUT2D eigenvalue weighted by molar-refractivity contribution is -0.130. The lowest BCUT2D eigenvalue weighted by Gasteiger charge is -2.15. The fourth-order valence-corrected chi connectivity index (χ4v) is 3.53. The summed E-state index contributed by atoms with van der Waals surface area (Å²) in [7, 11) is 1.67. The number of nitrogens with zero attached hydrogens (tertiary/aromatic N) is 4. The summed E-state index contributed by atoms with van der Waals surface area (Å²) >= 11 is 0. The number of benzene rings is 1. The molecule has 1 aromatic carbocycles. The van der Waals surface area contributed by atoms with Gasteiger partial charge in [0.05, 0.1) is 29.4 Å². The number of pyridine rings is 1. The van der Waals surface area contributed by atoms with E-state index in [-0.39, 0.29) is 17.9 Å². The molecule has 1 saturated heterocycles. The number of fused-ring (bicyclic) bond motifs is 1. The van der Waals surface area contributed by atoms with Crippen LogP contribution in [0.4, 0.5) is 0 Å². The Kier molecular flexibility index (Phi) is 4.62. The van der Waals surface area contributed by atoms with Gasteiger partial charge in [0.15, 0.2) is 0 Å². The fourth-order valence-electron chi connectivity index (χ4n) is 3.53. The van der Waals surface area contributed by atoms with Crippen molar-refractivity contribution in [1.82, 2.24) is 25.3 Å². The average Bonchev–Trinajstić information content (AvgIpc) is 3.35. The van der Waals surface area contributed by atoms with E-state index in [1.807, 2.05) is 35.2 Å². The van der Waals surface area contributed by atoms with Gasteiger partial charge < -0.3 is 9.64 Å². The first-order chi connectivity index (χ1) is 12.7. The highest BCUT2D eigenvalue weighted by atomic mass is 16.5. The largest absolute Gasteiger partial charge is 0.379 e. The van der Waals surface area contributed by atoms with E-state index >= 15 is 0 Å². The number of hydrogen-bond acceptors (Lipinski definition) is 5. The molecule has 0 spiro atoms. The molecule has 3 aromatic rings. The minimum Gasteiger partial charge on any atom is -0.379 e. The SMILES string of the molecule is CO[C@@H]1CN(C(=O)CCc2ccc3ccccc3n2)C[C@H]1c1cn[nH]n1. The van der Waals surface area contributed by atoms with Gasteiger partial charge in [0, 0.05) is 37.7 Å². The predicted octanol–water partition coefficient (Wildman–Crippen LogP) is 1.93. The van der Waals surface area contributed by atoms with Crippen molar-refractivity contribution >= 4 is 16.8 Å². The number of nitrogens with one attached hydrogen (secondary N) is 1. The van der Waals surface area contributed by atoms with Crippen LogP contribution in [0, 0.1) is 0 Å². The number of para-hydroxylation sites is 1. The smallest absolute Gasteiger partial charge is 0.223 e. The third-order valence-corrected chi connectivity index (χ3v) is 4.99. The number of carbonyl (C=O) groups excluding carboxylic acids is 1. The van der Waals surface area contributed by atoms with Gasteiger partial charge in [-0.25, -0.2) is 0 Å². The molecule has 1 aliphatic rings. The minimum absolute atomic E-state index is 0.0529. The monoisotopic (exact) mass is 351 g/mol. The van der Waals surface area contributed by atoms with Gasteiger partial charge in [0.1, 0.15) is 0 Å². The predicted molar refractivity (Wildman–Crippen MR) is 96.6 cm³/mol. The first kappa shape index (κ1) is 16.7. The molecule has 7 heteroatoms. The summed E-state index contributed by atoms with van der Waals surface area (Å²) < 4.78 is 5.55. The second-order valence-corrected chi connectivity index (χ2v) is 6.57. The van der Waals surface area contributed by atoms with Gasteiger partial charge >= 0.3 is 0 Å². The van der Waals surface area contributed by atoms with Crippen molar-refractivity contribution in [1.29, 1.82) is 0 Å². The number of aromatic nitrogens is 4. The fraction of sp³-hybridized carbons (Fsp3) is 0.368. The van der Waals surface area contributed by atoms with Gasteiger partial charge in [-0.2, -0.15) is 15.4 Å². The second-order valence-electron chi connectivity index (χ2n) is 6.57. The molecule has 0 bridgehead atoms. The van der Waals surface area contributed by atoms with Gasteiger partial charge in [0.2, 0.25) is 5.91 Å². The highest BCUT2D eigenvalue weighted by Crippen LogP contribution is 2.28. The van der Waals surface area contributed by atoms with E-state index < -0.39 is 0 Å². The molecule has 1 aliphatic heterocycles. The van der Waals surface area contributed by atoms with Crippen LogP contribution in [0.15, 0.2) is 42.6 Å². The molecule has 0 aliphatic carbocycles. The number of carbonyl (C=O) groups is 1. The summed E-state index contributed by atoms with van der Waals surface area (Å²) in [6.07, 6.45) is 2.71. The molecule has 7 nitrogen and oxygen atoms in total. The van der Waals surface area contributed by atoms with Crippen molar-refractivity contribution in [3.05, 3.63) is 54.0 Å². The molecule has 1 fully saturated rings. The number of aryl methyl sites for hydroxylation is 1. The van der Waals surface area contributed by atoms with Crippen molar-refractivity contribution in [2.45, 2.75) is 24.9 Å². The van der Waals surface area contributed by atoms with Crippen LogP contribution in [0.5, 0.6) is 0 Å². The van der Waals surface area contributed by atoms with E-state index in [4.69, 9.17) is 4.74 Å². The third-order valence-electron chi connectivity index (χ3n) is 4.99. The van der Waals surface area contributed by atoms with E-state index in [9.17, 15) is 4.79 Å². The van der Waals surface area contributed by atoms with Crippen LogP contribution < -0.4 is 0 Å². The van der Waals surface area contributed by atoms with Crippen molar-refractivity contribution < 1.29 is 9.53 Å². The molecule has 134 valence electrons. The topological polar surface area (TPSA) is 84.0 Å². The second kappa shape index (κ2) is 7.21. The van der Waals surface area contributed by atoms with Gasteiger partial charge in [0.25, 0.3) is 0 Å². The van der Waals surface area contributed by atoms with Gasteiger partial charge in [-0.1, -0.05) is 24.3 Å². The molecule has 0 radical (unpaired) electrons. The highest BCUT2D eigenvalue weighted by molar-refractivity contribution is 5.79. The maximum absolute atomic E-state index is 12.7. The number of hydrogen-bond donors (Lipinski definition) is 1. The zero-order valence-corrected chi connectivity index (χ0v) is 14.6. The molecule has 1 amide bonds. The molecule has 3 heterocycles. The molecule has 2 aromatic heterocycles. The molecule has 1 N–H and O–H groups in total. The Morgan fingerprint density at radius 2 is 2.15 bits per heavy atom. The molecule has 0 unspecified atom stereocenters. The van der Waals surface area contributed by atoms with E-state index in [1.54, 1.807) is 13.3 Å². The summed E-state index contributed by atoms with van der Waals surface area (Å²) in [6, 6.07) is 12.1. The Morgan fingerprint density at radius 1 is 1.27 bits per heavy atom. The number of rotatable bonds is 5. The van der Waals surface area contributed by atoms with Gasteiger partial charge in [-0.3, -0.25) is 9.78 Å². The Balaban J connectivity index is 1.40. The normalized spacial score (nSPS) is 20.0. The van der Waals surface area contributed by atoms with Crippen LogP contribution in [0.3, 0.4) is 0 Å². The van der Waals surface area contributed by atoms with E-state index in [1.165, 1.54) is 0 Å². The summed E-state index contributed by atoms with van der Waals surface area (Å²) in [6.45, 7) is 1.19. The van der Waals surface area contributed by atoms with Gasteiger partial charge in [-0.05, 0) is 18.6 Å². The number of amides is 1. The molecular formula is C19H21N5O2. The molecule has 2 atom stereocenters. The Hall–Kier alpha value is -2.80. The van der Waals surface area contributed by atoms with Crippen LogP contribution >= 0.6 is 0 Å². The standard InChI is InChI=1S/C19H21N5O2/c1-26-18-12-24(11-15(18)17-10-20-23-22-17)19(25)9-8-14-7-6-13-4-2-3-5-16(13)21-14/h2-7,10,15,18H,8-9,11-12H2,1H3,(H,20,22,23)/t15-,18+/m0/s1. The maximum atomic E-state index is 12.7. The summed E-state index contributed by atoms with van der Waals surface area (Å²) in [5.74, 6) is 0.175. The quantitative estimate of drug-likeness (QED) is 0.759. The first-order valence-electron chi connectivity index (χ1n) is 8.75. The maximum Gasteiger partial charge on any atom is 0.223 e. The zero-order chi connectivity index (χ0) is 17.9. The van der Waals surface area contributed by atoms with E-state index in [0.29, 0.717) is 25.9 Å². The average molecular weight is 351 g/mol. The number of H-pyrrole nitrogens is 1. The Morgan fingerprint density at radius 3 is 2.96 bits per heavy atom. The van der Waals surface area contributed by atoms with E-state index in [2.05, 4.69) is 26.5 Å². The molecule has 0 saturated carbocycles. The zero-order valence-electron chi connectivity index (χ0n) is 14.6. The lowest BCUT2D eigenvalue weighted by Crippen LogP contribution is -2.30. The summed E-state index contributed by atoms with van der Waals surface area (Å²) in [5, 5.41) is 11.8. The summed E-state index contributed by atoms with van der Waals surface area (Å²) in [5.41, 5.74) is 2.74. The van der Waals surface area contributed by atoms with Crippen molar-refractivity contribution in [2.75, 3.05) is 20.2 Å². The van der Waals surface area contributed by atoms with Crippen molar-refractivity contribution in [2.24, 2.45) is 0 Å². The summed E-state index contributed by atoms with van der Waals surface area (Å²) in [4.78, 5) is 19.2. The lowest BCUT2D eigenvalue weighted by atomic mass is 10.0. The number of likely N-dealkylation sites (tertiary alicyclic amines) is 1. The van der Waals surface area contributed by atoms with Gasteiger partial charge in [-0.15, -0.1) is 0 Å². The third kappa shape index (κ3) is 3.30. The number of aromatic amines is 1. The molecule has 4 rings (SSSR count). The van der Waals surface area contributed by atoms with Crippen LogP contribution in [0.1, 0.15) is 23.7 Å². The molecular weight excluding hydrogens is 330 g/mol. The van der Waals surface area contributed by atoms with Crippen LogP contribution in [0.2, 0.25) is 0 Å². The minimum atomic E-state index is -0.0529. The van der Waals surface area contributed by atoms with Crippen LogP contribution in [-0.4, -0.2) is 57.5 Å².